The van der Waals surface area contributed by atoms with Gasteiger partial charge in [-0.3, -0.25) is 0 Å². The van der Waals surface area contributed by atoms with Crippen LogP contribution in [-0.4, -0.2) is 12.6 Å². The van der Waals surface area contributed by atoms with Crippen LogP contribution in [0.2, 0.25) is 0 Å². The molecule has 1 atom stereocenters. The summed E-state index contributed by atoms with van der Waals surface area (Å²) in [6.07, 6.45) is 6.78. The van der Waals surface area contributed by atoms with Crippen LogP contribution in [0.25, 0.3) is 0 Å². The molecule has 1 aromatic rings. The van der Waals surface area contributed by atoms with Gasteiger partial charge >= 0.3 is 0 Å². The van der Waals surface area contributed by atoms with E-state index in [-0.39, 0.29) is 6.10 Å². The first kappa shape index (κ1) is 11.7. The van der Waals surface area contributed by atoms with Gasteiger partial charge in [0.15, 0.2) is 0 Å². The summed E-state index contributed by atoms with van der Waals surface area (Å²) in [6, 6.07) is 3.81. The van der Waals surface area contributed by atoms with Crippen LogP contribution in [0.1, 0.15) is 44.5 Å². The van der Waals surface area contributed by atoms with Crippen molar-refractivity contribution in [2.24, 2.45) is 11.7 Å². The van der Waals surface area contributed by atoms with Gasteiger partial charge < -0.3 is 14.9 Å². The summed E-state index contributed by atoms with van der Waals surface area (Å²) in [5.41, 5.74) is 5.72. The maximum Gasteiger partial charge on any atom is 0.133 e. The Bertz CT molecular complexity index is 289. The average molecular weight is 223 g/mol. The van der Waals surface area contributed by atoms with Crippen molar-refractivity contribution in [1.82, 2.24) is 0 Å². The molecule has 1 aliphatic rings. The lowest BCUT2D eigenvalue weighted by atomic mass is 9.89. The minimum Gasteiger partial charge on any atom is -0.467 e. The van der Waals surface area contributed by atoms with Crippen LogP contribution in [0.4, 0.5) is 0 Å². The van der Waals surface area contributed by atoms with Gasteiger partial charge in [0.05, 0.1) is 12.4 Å². The highest BCUT2D eigenvalue weighted by atomic mass is 16.5. The fraction of sp³-hybridized carbons (Fsp3) is 0.692. The second kappa shape index (κ2) is 5.51. The Balaban J connectivity index is 1.87. The van der Waals surface area contributed by atoms with Crippen molar-refractivity contribution in [3.8, 4) is 0 Å². The molecule has 2 rings (SSSR count). The van der Waals surface area contributed by atoms with E-state index in [0.717, 1.165) is 24.5 Å². The maximum atomic E-state index is 6.01. The molecular formula is C13H21NO2. The Kier molecular flexibility index (Phi) is 4.02. The highest BCUT2D eigenvalue weighted by molar-refractivity contribution is 5.02. The van der Waals surface area contributed by atoms with E-state index in [1.807, 2.05) is 12.1 Å². The van der Waals surface area contributed by atoms with Gasteiger partial charge in [0.25, 0.3) is 0 Å². The van der Waals surface area contributed by atoms with Gasteiger partial charge in [-0.15, -0.1) is 0 Å². The van der Waals surface area contributed by atoms with Crippen LogP contribution < -0.4 is 5.73 Å². The summed E-state index contributed by atoms with van der Waals surface area (Å²) in [5.74, 6) is 1.70. The van der Waals surface area contributed by atoms with Crippen molar-refractivity contribution in [3.63, 3.8) is 0 Å². The number of hydrogen-bond acceptors (Lipinski definition) is 3. The molecule has 0 aliphatic heterocycles. The molecule has 3 nitrogen and oxygen atoms in total. The number of rotatable bonds is 4. The zero-order valence-electron chi connectivity index (χ0n) is 9.89. The van der Waals surface area contributed by atoms with Crippen molar-refractivity contribution in [3.05, 3.63) is 24.2 Å². The quantitative estimate of drug-likeness (QED) is 0.853. The molecular weight excluding hydrogens is 202 g/mol. The van der Waals surface area contributed by atoms with E-state index in [0.29, 0.717) is 12.6 Å². The summed E-state index contributed by atoms with van der Waals surface area (Å²) in [5, 5.41) is 0. The smallest absolute Gasteiger partial charge is 0.133 e. The predicted octanol–water partition coefficient (Wildman–Crippen LogP) is 2.87. The third kappa shape index (κ3) is 2.86. The molecule has 0 spiro atoms. The minimum absolute atomic E-state index is 0.0755. The molecule has 0 radical (unpaired) electrons. The molecule has 0 aromatic carbocycles. The number of furan rings is 1. The molecule has 1 aromatic heterocycles. The first-order chi connectivity index (χ1) is 7.79. The molecule has 1 aliphatic carbocycles. The lowest BCUT2D eigenvalue weighted by Gasteiger charge is -2.29. The minimum atomic E-state index is -0.0755. The molecule has 0 bridgehead atoms. The highest BCUT2D eigenvalue weighted by Crippen LogP contribution is 2.29. The zero-order valence-corrected chi connectivity index (χ0v) is 9.89. The summed E-state index contributed by atoms with van der Waals surface area (Å²) >= 11 is 0. The third-order valence-corrected chi connectivity index (χ3v) is 3.39. The molecule has 2 N–H and O–H groups in total. The van der Waals surface area contributed by atoms with Gasteiger partial charge in [-0.2, -0.15) is 0 Å². The summed E-state index contributed by atoms with van der Waals surface area (Å²) < 4.78 is 11.4. The van der Waals surface area contributed by atoms with Crippen molar-refractivity contribution in [2.45, 2.75) is 44.8 Å². The molecule has 1 saturated carbocycles. The van der Waals surface area contributed by atoms with E-state index < -0.39 is 0 Å². The van der Waals surface area contributed by atoms with E-state index in [1.54, 1.807) is 6.26 Å². The average Bonchev–Trinajstić information content (AvgIpc) is 2.82. The summed E-state index contributed by atoms with van der Waals surface area (Å²) in [4.78, 5) is 0. The van der Waals surface area contributed by atoms with Crippen LogP contribution in [0.5, 0.6) is 0 Å². The lowest BCUT2D eigenvalue weighted by molar-refractivity contribution is -0.0415. The fourth-order valence-electron chi connectivity index (χ4n) is 2.31. The first-order valence-corrected chi connectivity index (χ1v) is 6.18. The number of nitrogens with two attached hydrogens (primary N) is 1. The van der Waals surface area contributed by atoms with Crippen molar-refractivity contribution in [2.75, 3.05) is 6.54 Å². The van der Waals surface area contributed by atoms with Crippen LogP contribution in [0.3, 0.4) is 0 Å². The Morgan fingerprint density at radius 1 is 1.44 bits per heavy atom. The van der Waals surface area contributed by atoms with Gasteiger partial charge in [0.1, 0.15) is 11.9 Å². The first-order valence-electron chi connectivity index (χ1n) is 6.18. The second-order valence-corrected chi connectivity index (χ2v) is 4.76. The van der Waals surface area contributed by atoms with E-state index in [1.165, 1.54) is 12.8 Å². The number of hydrogen-bond donors (Lipinski definition) is 1. The Morgan fingerprint density at radius 2 is 2.19 bits per heavy atom. The zero-order chi connectivity index (χ0) is 11.4. The third-order valence-electron chi connectivity index (χ3n) is 3.39. The van der Waals surface area contributed by atoms with Gasteiger partial charge in [-0.25, -0.2) is 0 Å². The standard InChI is InChI=1S/C13H21NO2/c1-10-4-6-11(7-5-10)16-13(9-14)12-3-2-8-15-12/h2-3,8,10-11,13H,4-7,9,14H2,1H3. The van der Waals surface area contributed by atoms with Crippen LogP contribution in [0.15, 0.2) is 22.8 Å². The number of ether oxygens (including phenoxy) is 1. The second-order valence-electron chi connectivity index (χ2n) is 4.76. The molecule has 0 amide bonds. The van der Waals surface area contributed by atoms with Crippen molar-refractivity contribution in [1.29, 1.82) is 0 Å². The van der Waals surface area contributed by atoms with Crippen LogP contribution in [0, 0.1) is 5.92 Å². The monoisotopic (exact) mass is 223 g/mol. The molecule has 1 unspecified atom stereocenters. The van der Waals surface area contributed by atoms with Crippen LogP contribution in [-0.2, 0) is 4.74 Å². The van der Waals surface area contributed by atoms with E-state index in [9.17, 15) is 0 Å². The Morgan fingerprint density at radius 3 is 2.75 bits per heavy atom. The van der Waals surface area contributed by atoms with Gasteiger partial charge in [0, 0.05) is 6.54 Å². The SMILES string of the molecule is CC1CCC(OC(CN)c2ccco2)CC1. The molecule has 16 heavy (non-hydrogen) atoms. The van der Waals surface area contributed by atoms with Crippen molar-refractivity contribution < 1.29 is 9.15 Å². The van der Waals surface area contributed by atoms with Gasteiger partial charge in [-0.05, 0) is 43.7 Å². The molecule has 0 saturated heterocycles. The Labute approximate surface area is 97.0 Å². The van der Waals surface area contributed by atoms with Crippen LogP contribution >= 0.6 is 0 Å². The highest BCUT2D eigenvalue weighted by Gasteiger charge is 2.23. The molecule has 90 valence electrons. The van der Waals surface area contributed by atoms with E-state index >= 15 is 0 Å². The maximum absolute atomic E-state index is 6.01. The topological polar surface area (TPSA) is 48.4 Å². The largest absolute Gasteiger partial charge is 0.467 e. The normalized spacial score (nSPS) is 27.9. The fourth-order valence-corrected chi connectivity index (χ4v) is 2.31. The predicted molar refractivity (Wildman–Crippen MR) is 63.0 cm³/mol. The van der Waals surface area contributed by atoms with E-state index in [4.69, 9.17) is 14.9 Å². The molecule has 1 fully saturated rings. The van der Waals surface area contributed by atoms with Gasteiger partial charge in [0.2, 0.25) is 0 Å². The Hall–Kier alpha value is -0.800. The van der Waals surface area contributed by atoms with Crippen molar-refractivity contribution >= 4 is 0 Å². The lowest BCUT2D eigenvalue weighted by Crippen LogP contribution is -2.26. The van der Waals surface area contributed by atoms with E-state index in [2.05, 4.69) is 6.92 Å². The summed E-state index contributed by atoms with van der Waals surface area (Å²) in [6.45, 7) is 2.79. The van der Waals surface area contributed by atoms with Gasteiger partial charge in [-0.1, -0.05) is 6.92 Å². The molecule has 1 heterocycles. The summed E-state index contributed by atoms with van der Waals surface area (Å²) in [7, 11) is 0. The molecule has 3 heteroatoms.